The van der Waals surface area contributed by atoms with Gasteiger partial charge in [0.15, 0.2) is 5.78 Å². The molecule has 0 spiro atoms. The van der Waals surface area contributed by atoms with Gasteiger partial charge in [0.05, 0.1) is 12.7 Å². The zero-order valence-corrected chi connectivity index (χ0v) is 11.9. The number of Topliss-reactive ketones (excluding diaryl/α,β-unsaturated/α-hetero) is 1. The molecule has 1 saturated carbocycles. The van der Waals surface area contributed by atoms with Crippen LogP contribution in [0.5, 0.6) is 5.75 Å². The van der Waals surface area contributed by atoms with Crippen LogP contribution in [0.3, 0.4) is 0 Å². The molecule has 1 aromatic carbocycles. The number of rotatable bonds is 5. The van der Waals surface area contributed by atoms with Crippen LogP contribution in [0.1, 0.15) is 48.9 Å². The molecule has 19 heavy (non-hydrogen) atoms. The van der Waals surface area contributed by atoms with Gasteiger partial charge in [-0.15, -0.1) is 0 Å². The molecular weight excluding hydrogens is 238 g/mol. The maximum Gasteiger partial charge on any atom is 0.168 e. The fourth-order valence-electron chi connectivity index (χ4n) is 3.02. The molecule has 1 fully saturated rings. The Morgan fingerprint density at radius 3 is 2.58 bits per heavy atom. The van der Waals surface area contributed by atoms with Crippen LogP contribution in [0.4, 0.5) is 0 Å². The van der Waals surface area contributed by atoms with E-state index in [9.17, 15) is 4.79 Å². The van der Waals surface area contributed by atoms with Crippen molar-refractivity contribution < 1.29 is 9.53 Å². The summed E-state index contributed by atoms with van der Waals surface area (Å²) in [5.74, 6) is 0.850. The normalized spacial score (nSPS) is 18.0. The van der Waals surface area contributed by atoms with Gasteiger partial charge in [-0.3, -0.25) is 4.79 Å². The molecule has 1 aromatic rings. The predicted octanol–water partition coefficient (Wildman–Crippen LogP) is 3.19. The first kappa shape index (κ1) is 14.1. The van der Waals surface area contributed by atoms with Crippen LogP contribution in [0.15, 0.2) is 24.3 Å². The summed E-state index contributed by atoms with van der Waals surface area (Å²) in [5, 5.41) is 3.39. The van der Waals surface area contributed by atoms with Crippen molar-refractivity contribution in [3.05, 3.63) is 29.8 Å². The monoisotopic (exact) mass is 261 g/mol. The Labute approximate surface area is 115 Å². The van der Waals surface area contributed by atoms with Gasteiger partial charge in [-0.05, 0) is 32.0 Å². The Morgan fingerprint density at radius 1 is 1.26 bits per heavy atom. The average Bonchev–Trinajstić information content (AvgIpc) is 2.48. The Morgan fingerprint density at radius 2 is 1.95 bits per heavy atom. The van der Waals surface area contributed by atoms with Crippen LogP contribution in [0.25, 0.3) is 0 Å². The van der Waals surface area contributed by atoms with E-state index in [-0.39, 0.29) is 11.3 Å². The van der Waals surface area contributed by atoms with E-state index < -0.39 is 0 Å². The fourth-order valence-corrected chi connectivity index (χ4v) is 3.02. The number of carbonyl (C=O) groups is 1. The molecule has 1 aliphatic rings. The number of ketones is 1. The van der Waals surface area contributed by atoms with Crippen LogP contribution in [-0.2, 0) is 0 Å². The minimum atomic E-state index is -0.0177. The second-order valence-electron chi connectivity index (χ2n) is 5.39. The van der Waals surface area contributed by atoms with Crippen LogP contribution < -0.4 is 10.1 Å². The minimum absolute atomic E-state index is 0.0177. The van der Waals surface area contributed by atoms with Gasteiger partial charge in [0.25, 0.3) is 0 Å². The molecule has 3 nitrogen and oxygen atoms in total. The van der Waals surface area contributed by atoms with Gasteiger partial charge in [-0.2, -0.15) is 0 Å². The van der Waals surface area contributed by atoms with Crippen molar-refractivity contribution in [2.24, 2.45) is 0 Å². The minimum Gasteiger partial charge on any atom is -0.496 e. The maximum atomic E-state index is 12.5. The zero-order valence-electron chi connectivity index (χ0n) is 11.9. The first-order valence-corrected chi connectivity index (χ1v) is 7.06. The summed E-state index contributed by atoms with van der Waals surface area (Å²) in [7, 11) is 3.58. The van der Waals surface area contributed by atoms with Gasteiger partial charge in [0.2, 0.25) is 0 Å². The van der Waals surface area contributed by atoms with Crippen molar-refractivity contribution in [1.29, 1.82) is 0 Å². The Balaban J connectivity index is 2.15. The number of methoxy groups -OCH3 is 1. The van der Waals surface area contributed by atoms with E-state index in [1.807, 2.05) is 31.3 Å². The summed E-state index contributed by atoms with van der Waals surface area (Å²) in [6.45, 7) is 0. The van der Waals surface area contributed by atoms with E-state index in [1.165, 1.54) is 19.3 Å². The SMILES string of the molecule is CNC1(CC(=O)c2ccccc2OC)CCCCC1. The second-order valence-corrected chi connectivity index (χ2v) is 5.39. The van der Waals surface area contributed by atoms with Crippen LogP contribution in [-0.4, -0.2) is 25.5 Å². The molecule has 0 bridgehead atoms. The van der Waals surface area contributed by atoms with E-state index in [0.29, 0.717) is 17.7 Å². The molecule has 0 amide bonds. The highest BCUT2D eigenvalue weighted by atomic mass is 16.5. The summed E-state index contributed by atoms with van der Waals surface area (Å²) in [6, 6.07) is 7.49. The Kier molecular flexibility index (Phi) is 4.59. The smallest absolute Gasteiger partial charge is 0.168 e. The zero-order chi connectivity index (χ0) is 13.7. The van der Waals surface area contributed by atoms with E-state index in [0.717, 1.165) is 12.8 Å². The van der Waals surface area contributed by atoms with Crippen LogP contribution >= 0.6 is 0 Å². The third-order valence-corrected chi connectivity index (χ3v) is 4.25. The summed E-state index contributed by atoms with van der Waals surface area (Å²) < 4.78 is 5.28. The van der Waals surface area contributed by atoms with Crippen molar-refractivity contribution >= 4 is 5.78 Å². The van der Waals surface area contributed by atoms with E-state index in [4.69, 9.17) is 4.74 Å². The maximum absolute atomic E-state index is 12.5. The van der Waals surface area contributed by atoms with Gasteiger partial charge in [-0.25, -0.2) is 0 Å². The van der Waals surface area contributed by atoms with Gasteiger partial charge < -0.3 is 10.1 Å². The Hall–Kier alpha value is -1.35. The van der Waals surface area contributed by atoms with E-state index in [1.54, 1.807) is 7.11 Å². The molecule has 0 heterocycles. The lowest BCUT2D eigenvalue weighted by Gasteiger charge is -2.36. The Bertz CT molecular complexity index is 436. The van der Waals surface area contributed by atoms with E-state index >= 15 is 0 Å². The summed E-state index contributed by atoms with van der Waals surface area (Å²) >= 11 is 0. The molecule has 0 radical (unpaired) electrons. The molecular formula is C16H23NO2. The molecule has 0 atom stereocenters. The van der Waals surface area contributed by atoms with Gasteiger partial charge in [-0.1, -0.05) is 31.4 Å². The predicted molar refractivity (Wildman–Crippen MR) is 76.8 cm³/mol. The highest BCUT2D eigenvalue weighted by Gasteiger charge is 2.33. The van der Waals surface area contributed by atoms with Gasteiger partial charge in [0, 0.05) is 12.0 Å². The molecule has 0 aromatic heterocycles. The number of hydrogen-bond acceptors (Lipinski definition) is 3. The molecule has 104 valence electrons. The lowest BCUT2D eigenvalue weighted by Crippen LogP contribution is -2.46. The number of benzene rings is 1. The molecule has 3 heteroatoms. The summed E-state index contributed by atoms with van der Waals surface area (Å²) in [4.78, 5) is 12.5. The van der Waals surface area contributed by atoms with Crippen molar-refractivity contribution in [2.45, 2.75) is 44.1 Å². The quantitative estimate of drug-likeness (QED) is 0.827. The van der Waals surface area contributed by atoms with Crippen LogP contribution in [0, 0.1) is 0 Å². The molecule has 0 saturated heterocycles. The molecule has 2 rings (SSSR count). The topological polar surface area (TPSA) is 38.3 Å². The number of ether oxygens (including phenoxy) is 1. The van der Waals surface area contributed by atoms with Crippen molar-refractivity contribution in [2.75, 3.05) is 14.2 Å². The number of carbonyl (C=O) groups excluding carboxylic acids is 1. The molecule has 1 N–H and O–H groups in total. The average molecular weight is 261 g/mol. The number of nitrogens with one attached hydrogen (secondary N) is 1. The number of hydrogen-bond donors (Lipinski definition) is 1. The standard InChI is InChI=1S/C16H23NO2/c1-17-16(10-6-3-7-11-16)12-14(18)13-8-4-5-9-15(13)19-2/h4-5,8-9,17H,3,6-7,10-12H2,1-2H3. The lowest BCUT2D eigenvalue weighted by molar-refractivity contribution is 0.0912. The van der Waals surface area contributed by atoms with Crippen molar-refractivity contribution in [3.8, 4) is 5.75 Å². The highest BCUT2D eigenvalue weighted by Crippen LogP contribution is 2.33. The van der Waals surface area contributed by atoms with Crippen LogP contribution in [0.2, 0.25) is 0 Å². The summed E-state index contributed by atoms with van der Waals surface area (Å²) in [6.07, 6.45) is 6.44. The molecule has 1 aliphatic carbocycles. The fraction of sp³-hybridized carbons (Fsp3) is 0.562. The summed E-state index contributed by atoms with van der Waals surface area (Å²) in [5.41, 5.74) is 0.682. The third kappa shape index (κ3) is 3.16. The van der Waals surface area contributed by atoms with E-state index in [2.05, 4.69) is 5.32 Å². The van der Waals surface area contributed by atoms with Gasteiger partial charge in [0.1, 0.15) is 5.75 Å². The molecule has 0 aliphatic heterocycles. The first-order chi connectivity index (χ1) is 9.21. The largest absolute Gasteiger partial charge is 0.496 e. The van der Waals surface area contributed by atoms with Crippen molar-refractivity contribution in [3.63, 3.8) is 0 Å². The first-order valence-electron chi connectivity index (χ1n) is 7.06. The third-order valence-electron chi connectivity index (χ3n) is 4.25. The second kappa shape index (κ2) is 6.20. The molecule has 0 unspecified atom stereocenters. The highest BCUT2D eigenvalue weighted by molar-refractivity contribution is 5.99. The van der Waals surface area contributed by atoms with Gasteiger partial charge >= 0.3 is 0 Å². The van der Waals surface area contributed by atoms with Crippen molar-refractivity contribution in [1.82, 2.24) is 5.32 Å². The lowest BCUT2D eigenvalue weighted by atomic mass is 9.77. The number of para-hydroxylation sites is 1.